The third-order valence-corrected chi connectivity index (χ3v) is 7.96. The van der Waals surface area contributed by atoms with E-state index in [-0.39, 0.29) is 18.7 Å². The van der Waals surface area contributed by atoms with Gasteiger partial charge in [-0.25, -0.2) is 9.97 Å². The maximum absolute atomic E-state index is 12.4. The molecule has 1 unspecified atom stereocenters. The minimum atomic E-state index is -0.986. The Balaban J connectivity index is 1.45. The number of likely N-dealkylation sites (tertiary alicyclic amines) is 1. The second kappa shape index (κ2) is 9.03. The van der Waals surface area contributed by atoms with Gasteiger partial charge in [0.1, 0.15) is 11.6 Å². The molecule has 2 atom stereocenters. The highest BCUT2D eigenvalue weighted by Gasteiger charge is 2.31. The molecule has 0 bridgehead atoms. The van der Waals surface area contributed by atoms with Crippen molar-refractivity contribution in [1.29, 1.82) is 0 Å². The number of aryl methyl sites for hydroxylation is 1. The molecule has 1 fully saturated rings. The molecule has 3 N–H and O–H groups in total. The summed E-state index contributed by atoms with van der Waals surface area (Å²) in [7, 11) is 0. The number of rotatable bonds is 6. The van der Waals surface area contributed by atoms with Crippen LogP contribution in [0.3, 0.4) is 0 Å². The summed E-state index contributed by atoms with van der Waals surface area (Å²) in [4.78, 5) is 24.1. The number of hydrogen-bond acceptors (Lipinski definition) is 8. The Morgan fingerprint density at radius 3 is 2.97 bits per heavy atom. The zero-order valence-corrected chi connectivity index (χ0v) is 20.4. The van der Waals surface area contributed by atoms with Gasteiger partial charge >= 0.3 is 0 Å². The summed E-state index contributed by atoms with van der Waals surface area (Å²) < 4.78 is 14.0. The van der Waals surface area contributed by atoms with E-state index in [1.807, 2.05) is 18.2 Å². The number of anilines is 1. The Bertz CT molecular complexity index is 1220. The van der Waals surface area contributed by atoms with E-state index in [0.717, 1.165) is 39.3 Å². The monoisotopic (exact) mass is 533 g/mol. The van der Waals surface area contributed by atoms with Crippen LogP contribution in [0.1, 0.15) is 26.2 Å². The fraction of sp³-hybridized carbons (Fsp3) is 0.409. The summed E-state index contributed by atoms with van der Waals surface area (Å²) >= 11 is 5.12. The SMILES string of the molecule is C[C@@H](O)C(=O)N1CCCC1CCn1c(Sc2cc3c(cc2Br)OCO3)nc2c(N)nccc21. The quantitative estimate of drug-likeness (QED) is 0.495. The molecule has 0 radical (unpaired) electrons. The minimum Gasteiger partial charge on any atom is -0.454 e. The molecule has 9 nitrogen and oxygen atoms in total. The normalized spacial score (nSPS) is 18.3. The lowest BCUT2D eigenvalue weighted by molar-refractivity contribution is -0.140. The molecule has 2 aromatic heterocycles. The number of pyridine rings is 1. The standard InChI is InChI=1S/C22H24BrN5O4S/c1-12(29)21(30)27-7-2-3-13(27)5-8-28-15-4-6-25-20(24)19(15)26-22(28)33-18-10-17-16(9-14(18)23)31-11-32-17/h4,6,9-10,12-13,29H,2-3,5,7-8,11H2,1H3,(H2,24,25)/t12-,13?/m1/s1. The number of amides is 1. The zero-order valence-electron chi connectivity index (χ0n) is 18.0. The predicted octanol–water partition coefficient (Wildman–Crippen LogP) is 3.42. The largest absolute Gasteiger partial charge is 0.454 e. The van der Waals surface area contributed by atoms with E-state index in [1.54, 1.807) is 11.1 Å². The van der Waals surface area contributed by atoms with Gasteiger partial charge in [-0.15, -0.1) is 0 Å². The maximum Gasteiger partial charge on any atom is 0.251 e. The molecule has 3 aromatic rings. The Morgan fingerprint density at radius 1 is 1.39 bits per heavy atom. The molecule has 2 aliphatic rings. The first-order valence-electron chi connectivity index (χ1n) is 10.8. The Hall–Kier alpha value is -2.50. The number of imidazole rings is 1. The van der Waals surface area contributed by atoms with Crippen LogP contribution in [0.25, 0.3) is 11.0 Å². The fourth-order valence-electron chi connectivity index (χ4n) is 4.36. The van der Waals surface area contributed by atoms with Gasteiger partial charge in [0.25, 0.3) is 5.91 Å². The molecule has 11 heteroatoms. The average Bonchev–Trinajstić information content (AvgIpc) is 3.51. The molecule has 1 saturated heterocycles. The van der Waals surface area contributed by atoms with Crippen LogP contribution in [0.2, 0.25) is 0 Å². The average molecular weight is 534 g/mol. The van der Waals surface area contributed by atoms with Crippen molar-refractivity contribution in [1.82, 2.24) is 19.4 Å². The molecule has 33 heavy (non-hydrogen) atoms. The van der Waals surface area contributed by atoms with Crippen LogP contribution in [0.5, 0.6) is 11.5 Å². The molecule has 5 rings (SSSR count). The zero-order chi connectivity index (χ0) is 23.1. The molecule has 2 aliphatic heterocycles. The maximum atomic E-state index is 12.4. The lowest BCUT2D eigenvalue weighted by Gasteiger charge is -2.26. The summed E-state index contributed by atoms with van der Waals surface area (Å²) in [6, 6.07) is 5.82. The first-order valence-corrected chi connectivity index (χ1v) is 12.4. The van der Waals surface area contributed by atoms with Crippen molar-refractivity contribution in [3.63, 3.8) is 0 Å². The molecule has 174 valence electrons. The van der Waals surface area contributed by atoms with E-state index in [4.69, 9.17) is 20.2 Å². The topological polar surface area (TPSA) is 116 Å². The highest BCUT2D eigenvalue weighted by molar-refractivity contribution is 9.10. The number of aliphatic hydroxyl groups excluding tert-OH is 1. The second-order valence-electron chi connectivity index (χ2n) is 8.14. The number of carbonyl (C=O) groups excluding carboxylic acids is 1. The van der Waals surface area contributed by atoms with Gasteiger partial charge in [0.2, 0.25) is 6.79 Å². The molecule has 0 spiro atoms. The van der Waals surface area contributed by atoms with Crippen molar-refractivity contribution in [2.24, 2.45) is 0 Å². The number of nitrogens with zero attached hydrogens (tertiary/aromatic N) is 4. The van der Waals surface area contributed by atoms with Crippen LogP contribution < -0.4 is 15.2 Å². The lowest BCUT2D eigenvalue weighted by atomic mass is 10.1. The van der Waals surface area contributed by atoms with Crippen LogP contribution in [0.15, 0.2) is 38.9 Å². The molecular formula is C22H24BrN5O4S. The number of aliphatic hydroxyl groups is 1. The molecule has 1 amide bonds. The molecule has 0 aliphatic carbocycles. The molecular weight excluding hydrogens is 510 g/mol. The Labute approximate surface area is 203 Å². The number of fused-ring (bicyclic) bond motifs is 2. The van der Waals surface area contributed by atoms with E-state index in [0.29, 0.717) is 35.9 Å². The highest BCUT2D eigenvalue weighted by atomic mass is 79.9. The number of carbonyl (C=O) groups is 1. The van der Waals surface area contributed by atoms with Crippen molar-refractivity contribution in [2.75, 3.05) is 19.1 Å². The Morgan fingerprint density at radius 2 is 2.18 bits per heavy atom. The van der Waals surface area contributed by atoms with Gasteiger partial charge in [0.05, 0.1) is 5.52 Å². The van der Waals surface area contributed by atoms with Crippen LogP contribution in [-0.2, 0) is 11.3 Å². The summed E-state index contributed by atoms with van der Waals surface area (Å²) in [6.07, 6.45) is 3.31. The Kier molecular flexibility index (Phi) is 6.11. The minimum absolute atomic E-state index is 0.0823. The van der Waals surface area contributed by atoms with E-state index >= 15 is 0 Å². The molecule has 1 aromatic carbocycles. The second-order valence-corrected chi connectivity index (χ2v) is 10.0. The summed E-state index contributed by atoms with van der Waals surface area (Å²) in [5, 5.41) is 10.5. The fourth-order valence-corrected chi connectivity index (χ4v) is 5.89. The van der Waals surface area contributed by atoms with Crippen LogP contribution in [-0.4, -0.2) is 55.9 Å². The number of halogens is 1. The van der Waals surface area contributed by atoms with E-state index in [1.165, 1.54) is 18.7 Å². The third-order valence-electron chi connectivity index (χ3n) is 5.99. The summed E-state index contributed by atoms with van der Waals surface area (Å²) in [6.45, 7) is 3.06. The van der Waals surface area contributed by atoms with Gasteiger partial charge in [-0.05, 0) is 60.3 Å². The van der Waals surface area contributed by atoms with Gasteiger partial charge in [0.15, 0.2) is 22.5 Å². The first kappa shape index (κ1) is 22.3. The van der Waals surface area contributed by atoms with Crippen molar-refractivity contribution in [3.8, 4) is 11.5 Å². The molecule has 0 saturated carbocycles. The van der Waals surface area contributed by atoms with Gasteiger partial charge in [0, 0.05) is 34.7 Å². The number of aromatic nitrogens is 3. The van der Waals surface area contributed by atoms with Gasteiger partial charge in [-0.3, -0.25) is 4.79 Å². The number of ether oxygens (including phenoxy) is 2. The highest BCUT2D eigenvalue weighted by Crippen LogP contribution is 2.43. The number of hydrogen-bond donors (Lipinski definition) is 2. The number of benzene rings is 1. The van der Waals surface area contributed by atoms with E-state index in [9.17, 15) is 9.90 Å². The van der Waals surface area contributed by atoms with Crippen LogP contribution >= 0.6 is 27.7 Å². The van der Waals surface area contributed by atoms with Crippen LogP contribution in [0.4, 0.5) is 5.82 Å². The van der Waals surface area contributed by atoms with Crippen molar-refractivity contribution in [3.05, 3.63) is 28.9 Å². The predicted molar refractivity (Wildman–Crippen MR) is 127 cm³/mol. The van der Waals surface area contributed by atoms with E-state index < -0.39 is 6.10 Å². The lowest BCUT2D eigenvalue weighted by Crippen LogP contribution is -2.41. The molecule has 4 heterocycles. The summed E-state index contributed by atoms with van der Waals surface area (Å²) in [5.74, 6) is 1.57. The van der Waals surface area contributed by atoms with E-state index in [2.05, 4.69) is 25.5 Å². The van der Waals surface area contributed by atoms with Crippen molar-refractivity contribution >= 4 is 50.5 Å². The van der Waals surface area contributed by atoms with Gasteiger partial charge in [-0.2, -0.15) is 0 Å². The van der Waals surface area contributed by atoms with Gasteiger partial charge in [-0.1, -0.05) is 11.8 Å². The number of nitrogens with two attached hydrogens (primary N) is 1. The first-order chi connectivity index (χ1) is 15.9. The smallest absolute Gasteiger partial charge is 0.251 e. The van der Waals surface area contributed by atoms with Gasteiger partial charge < -0.3 is 29.8 Å². The number of nitrogen functional groups attached to an aromatic ring is 1. The van der Waals surface area contributed by atoms with Crippen molar-refractivity contribution < 1.29 is 19.4 Å². The van der Waals surface area contributed by atoms with Crippen LogP contribution in [0, 0.1) is 0 Å². The third kappa shape index (κ3) is 4.24. The van der Waals surface area contributed by atoms with Crippen molar-refractivity contribution in [2.45, 2.75) is 54.9 Å². The summed E-state index contributed by atoms with van der Waals surface area (Å²) in [5.41, 5.74) is 7.68.